The third-order valence-electron chi connectivity index (χ3n) is 10.4. The highest BCUT2D eigenvalue weighted by Crippen LogP contribution is 2.11. The molecule has 1 fully saturated rings. The maximum absolute atomic E-state index is 13.1. The minimum atomic E-state index is -1.03. The van der Waals surface area contributed by atoms with Gasteiger partial charge in [0.15, 0.2) is 6.04 Å². The van der Waals surface area contributed by atoms with Gasteiger partial charge in [-0.05, 0) is 83.5 Å². The van der Waals surface area contributed by atoms with Crippen molar-refractivity contribution in [2.24, 2.45) is 0 Å². The summed E-state index contributed by atoms with van der Waals surface area (Å²) in [6, 6.07) is -1.03. The molecule has 0 aromatic carbocycles. The molecule has 2 N–H and O–H groups in total. The maximum Gasteiger partial charge on any atom is 0.332 e. The summed E-state index contributed by atoms with van der Waals surface area (Å²) in [7, 11) is 0. The first-order chi connectivity index (χ1) is 28.0. The van der Waals surface area contributed by atoms with E-state index in [1.807, 2.05) is 0 Å². The van der Waals surface area contributed by atoms with Crippen LogP contribution in [-0.2, 0) is 23.9 Å². The molecule has 1 saturated heterocycles. The molecule has 1 rings (SSSR count). The van der Waals surface area contributed by atoms with E-state index in [4.69, 9.17) is 14.6 Å². The highest BCUT2D eigenvalue weighted by Gasteiger charge is 2.26. The van der Waals surface area contributed by atoms with Crippen molar-refractivity contribution in [1.29, 1.82) is 0 Å². The summed E-state index contributed by atoms with van der Waals surface area (Å²) in [6.45, 7) is 8.88. The molecular weight excluding hydrogens is 715 g/mol. The highest BCUT2D eigenvalue weighted by molar-refractivity contribution is 5.86. The number of unbranched alkanes of at least 4 members (excludes halogenated alkanes) is 17. The van der Waals surface area contributed by atoms with Gasteiger partial charge in [0.05, 0.1) is 13.2 Å². The predicted molar refractivity (Wildman–Crippen MR) is 237 cm³/mol. The molecule has 328 valence electrons. The lowest BCUT2D eigenvalue weighted by Crippen LogP contribution is -2.52. The molecule has 57 heavy (non-hydrogen) atoms. The van der Waals surface area contributed by atoms with E-state index < -0.39 is 12.0 Å². The number of nitrogens with zero attached hydrogens (tertiary/aromatic N) is 2. The van der Waals surface area contributed by atoms with E-state index >= 15 is 0 Å². The molecule has 0 unspecified atom stereocenters. The molecule has 0 aromatic heterocycles. The minimum Gasteiger partial charge on any atom is -0.464 e. The van der Waals surface area contributed by atoms with Crippen LogP contribution in [0.3, 0.4) is 0 Å². The summed E-state index contributed by atoms with van der Waals surface area (Å²) in [6.07, 6.45) is 45.1. The second-order valence-corrected chi connectivity index (χ2v) is 15.7. The van der Waals surface area contributed by atoms with Gasteiger partial charge in [-0.1, -0.05) is 133 Å². The summed E-state index contributed by atoms with van der Waals surface area (Å²) >= 11 is 0. The van der Waals surface area contributed by atoms with Gasteiger partial charge in [0.2, 0.25) is 5.91 Å². The largest absolute Gasteiger partial charge is 0.464 e. The van der Waals surface area contributed by atoms with Crippen LogP contribution in [0.5, 0.6) is 0 Å². The number of hydrogen-bond acceptors (Lipinski definition) is 8. The van der Waals surface area contributed by atoms with Crippen molar-refractivity contribution in [3.63, 3.8) is 0 Å². The Labute approximate surface area is 349 Å². The summed E-state index contributed by atoms with van der Waals surface area (Å²) in [5.41, 5.74) is 0. The van der Waals surface area contributed by atoms with Crippen LogP contribution in [0, 0.1) is 0 Å². The molecule has 1 atom stereocenters. The number of hydrogen-bond donors (Lipinski definition) is 2. The normalized spacial score (nSPS) is 14.7. The van der Waals surface area contributed by atoms with E-state index in [1.54, 1.807) is 0 Å². The fraction of sp³-hybridized carbons (Fsp3) is 0.771. The Balaban J connectivity index is 2.34. The van der Waals surface area contributed by atoms with Crippen LogP contribution in [-0.4, -0.2) is 97.9 Å². The van der Waals surface area contributed by atoms with Crippen LogP contribution < -0.4 is 5.32 Å². The average molecular weight is 800 g/mol. The van der Waals surface area contributed by atoms with Crippen molar-refractivity contribution >= 4 is 17.8 Å². The molecule has 1 aliphatic rings. The molecule has 1 heterocycles. The molecule has 0 bridgehead atoms. The monoisotopic (exact) mass is 800 g/mol. The number of allylic oxidation sites excluding steroid dienone is 8. The Bertz CT molecular complexity index is 1080. The van der Waals surface area contributed by atoms with Crippen molar-refractivity contribution < 1.29 is 29.0 Å². The number of ether oxygens (including phenoxy) is 2. The maximum atomic E-state index is 13.1. The third kappa shape index (κ3) is 33.9. The third-order valence-corrected chi connectivity index (χ3v) is 10.4. The van der Waals surface area contributed by atoms with Crippen LogP contribution in [0.1, 0.15) is 174 Å². The average Bonchev–Trinajstić information content (AvgIpc) is 3.21. The summed E-state index contributed by atoms with van der Waals surface area (Å²) < 4.78 is 11.1. The van der Waals surface area contributed by atoms with Crippen molar-refractivity contribution in [3.05, 3.63) is 48.6 Å². The second-order valence-electron chi connectivity index (χ2n) is 15.7. The number of carbonyl (C=O) groups is 3. The van der Waals surface area contributed by atoms with Gasteiger partial charge in [0.25, 0.3) is 0 Å². The minimum absolute atomic E-state index is 0.170. The van der Waals surface area contributed by atoms with Crippen LogP contribution in [0.4, 0.5) is 0 Å². The smallest absolute Gasteiger partial charge is 0.332 e. The van der Waals surface area contributed by atoms with Gasteiger partial charge in [0, 0.05) is 45.8 Å². The zero-order chi connectivity index (χ0) is 41.3. The standard InChI is InChI=1S/C48H85N3O6/c1-3-5-7-9-11-13-15-17-19-21-23-25-27-29-31-33-42-56-48(55)45(49-46(53)43-51-39-37-50(38-40-51)36-34-41-52)44-57-47(54)35-32-30-28-26-24-22-20-18-16-14-12-10-8-6-4-2/h11-14,17-20,45,52H,3-10,15-16,21-44H2,1-2H3,(H,49,53)/b13-11-,14-12-,19-17-,20-18-/t45-/m0/s1. The molecule has 0 aliphatic carbocycles. The number of aliphatic hydroxyl groups is 1. The Hall–Kier alpha value is -2.75. The fourth-order valence-corrected chi connectivity index (χ4v) is 6.77. The molecule has 1 aliphatic heterocycles. The molecule has 0 spiro atoms. The number of amides is 1. The second kappa shape index (κ2) is 40.0. The Morgan fingerprint density at radius 3 is 1.58 bits per heavy atom. The zero-order valence-electron chi connectivity index (χ0n) is 36.6. The van der Waals surface area contributed by atoms with E-state index in [1.165, 1.54) is 64.2 Å². The number of aliphatic hydroxyl groups excluding tert-OH is 1. The first-order valence-electron chi connectivity index (χ1n) is 23.3. The van der Waals surface area contributed by atoms with E-state index in [0.717, 1.165) is 123 Å². The SMILES string of the molecule is CCCCC/C=C\C/C=C\CCCCCCCCOC(=O)[C@H](COC(=O)CCCCCCC/C=C\C/C=C\CCCCC)NC(=O)CN1CCN(CCCO)CC1. The molecule has 0 aromatic rings. The van der Waals surface area contributed by atoms with E-state index in [-0.39, 0.29) is 38.2 Å². The Kier molecular flexibility index (Phi) is 36.7. The van der Waals surface area contributed by atoms with Crippen LogP contribution >= 0.6 is 0 Å². The molecular formula is C48H85N3O6. The number of nitrogens with one attached hydrogen (secondary N) is 1. The molecule has 1 amide bonds. The number of rotatable bonds is 38. The Morgan fingerprint density at radius 1 is 0.579 bits per heavy atom. The lowest BCUT2D eigenvalue weighted by Gasteiger charge is -2.34. The van der Waals surface area contributed by atoms with Crippen molar-refractivity contribution in [1.82, 2.24) is 15.1 Å². The van der Waals surface area contributed by atoms with Crippen LogP contribution in [0.15, 0.2) is 48.6 Å². The lowest BCUT2D eigenvalue weighted by atomic mass is 10.1. The quantitative estimate of drug-likeness (QED) is 0.0361. The predicted octanol–water partition coefficient (Wildman–Crippen LogP) is 10.2. The zero-order valence-corrected chi connectivity index (χ0v) is 36.6. The first-order valence-corrected chi connectivity index (χ1v) is 23.3. The van der Waals surface area contributed by atoms with Gasteiger partial charge >= 0.3 is 11.9 Å². The fourth-order valence-electron chi connectivity index (χ4n) is 6.77. The van der Waals surface area contributed by atoms with Crippen molar-refractivity contribution in [2.45, 2.75) is 180 Å². The van der Waals surface area contributed by atoms with Crippen molar-refractivity contribution in [2.75, 3.05) is 59.1 Å². The van der Waals surface area contributed by atoms with Gasteiger partial charge in [-0.25, -0.2) is 4.79 Å². The summed E-state index contributed by atoms with van der Waals surface area (Å²) in [5, 5.41) is 11.9. The topological polar surface area (TPSA) is 108 Å². The molecule has 9 nitrogen and oxygen atoms in total. The molecule has 9 heteroatoms. The number of carbonyl (C=O) groups excluding carboxylic acids is 3. The van der Waals surface area contributed by atoms with E-state index in [0.29, 0.717) is 6.42 Å². The van der Waals surface area contributed by atoms with Gasteiger partial charge in [-0.15, -0.1) is 0 Å². The van der Waals surface area contributed by atoms with E-state index in [2.05, 4.69) is 77.6 Å². The van der Waals surface area contributed by atoms with Gasteiger partial charge in [0.1, 0.15) is 6.61 Å². The van der Waals surface area contributed by atoms with Crippen LogP contribution in [0.2, 0.25) is 0 Å². The Morgan fingerprint density at radius 2 is 1.05 bits per heavy atom. The number of esters is 2. The molecule has 0 radical (unpaired) electrons. The molecule has 0 saturated carbocycles. The van der Waals surface area contributed by atoms with Crippen molar-refractivity contribution in [3.8, 4) is 0 Å². The summed E-state index contributed by atoms with van der Waals surface area (Å²) in [5.74, 6) is -1.18. The number of piperazine rings is 1. The highest BCUT2D eigenvalue weighted by atomic mass is 16.6. The lowest BCUT2D eigenvalue weighted by molar-refractivity contribution is -0.154. The van der Waals surface area contributed by atoms with Crippen LogP contribution in [0.25, 0.3) is 0 Å². The van der Waals surface area contributed by atoms with E-state index in [9.17, 15) is 14.4 Å². The first kappa shape index (κ1) is 52.3. The van der Waals surface area contributed by atoms with Gasteiger partial charge in [-0.2, -0.15) is 0 Å². The summed E-state index contributed by atoms with van der Waals surface area (Å²) in [4.78, 5) is 43.1. The van der Waals surface area contributed by atoms with Gasteiger partial charge in [-0.3, -0.25) is 14.5 Å². The van der Waals surface area contributed by atoms with Gasteiger partial charge < -0.3 is 24.8 Å².